The number of hydrogen-bond donors (Lipinski definition) is 2. The molecule has 2 aromatic rings. The van der Waals surface area contributed by atoms with E-state index in [1.807, 2.05) is 12.1 Å². The summed E-state index contributed by atoms with van der Waals surface area (Å²) in [5.74, 6) is 0.259. The Kier molecular flexibility index (Phi) is 2.56. The van der Waals surface area contributed by atoms with Crippen LogP contribution in [0.3, 0.4) is 0 Å². The number of anilines is 2. The number of aromatic nitrogens is 1. The Balaban J connectivity index is 2.01. The van der Waals surface area contributed by atoms with E-state index in [-0.39, 0.29) is 12.3 Å². The average Bonchev–Trinajstić information content (AvgIpc) is 2.38. The fourth-order valence-electron chi connectivity index (χ4n) is 2.06. The van der Waals surface area contributed by atoms with Gasteiger partial charge in [-0.25, -0.2) is 9.78 Å². The number of imide groups is 1. The van der Waals surface area contributed by atoms with Gasteiger partial charge in [0.15, 0.2) is 0 Å². The number of rotatable bonds is 1. The van der Waals surface area contributed by atoms with Crippen molar-refractivity contribution in [3.8, 4) is 0 Å². The molecule has 6 heteroatoms. The molecule has 0 spiro atoms. The van der Waals surface area contributed by atoms with Gasteiger partial charge in [0.1, 0.15) is 5.82 Å². The van der Waals surface area contributed by atoms with Gasteiger partial charge in [0.05, 0.1) is 5.52 Å². The Labute approximate surface area is 109 Å². The lowest BCUT2D eigenvalue weighted by atomic mass is 10.2. The van der Waals surface area contributed by atoms with Crippen LogP contribution >= 0.6 is 0 Å². The smallest absolute Gasteiger partial charge is 0.329 e. The molecule has 3 N–H and O–H groups in total. The Morgan fingerprint density at radius 2 is 2.00 bits per heavy atom. The molecule has 19 heavy (non-hydrogen) atoms. The highest BCUT2D eigenvalue weighted by atomic mass is 16.2. The SMILES string of the molecule is Nc1ccc2ccc(N3CCC(=O)NC3=O)nc2c1. The van der Waals surface area contributed by atoms with Crippen molar-refractivity contribution in [2.45, 2.75) is 6.42 Å². The third-order valence-electron chi connectivity index (χ3n) is 3.03. The summed E-state index contributed by atoms with van der Waals surface area (Å²) in [5.41, 5.74) is 7.07. The number of benzene rings is 1. The molecule has 0 bridgehead atoms. The molecule has 3 amide bonds. The molecule has 96 valence electrons. The van der Waals surface area contributed by atoms with E-state index < -0.39 is 6.03 Å². The van der Waals surface area contributed by atoms with E-state index in [1.165, 1.54) is 4.90 Å². The van der Waals surface area contributed by atoms with Crippen molar-refractivity contribution in [3.05, 3.63) is 30.3 Å². The molecule has 3 rings (SSSR count). The van der Waals surface area contributed by atoms with Crippen LogP contribution in [0.4, 0.5) is 16.3 Å². The van der Waals surface area contributed by atoms with Crippen molar-refractivity contribution >= 4 is 34.3 Å². The molecular formula is C13H12N4O2. The van der Waals surface area contributed by atoms with E-state index in [2.05, 4.69) is 10.3 Å². The molecule has 0 atom stereocenters. The van der Waals surface area contributed by atoms with E-state index in [0.29, 0.717) is 18.1 Å². The van der Waals surface area contributed by atoms with Gasteiger partial charge in [0.2, 0.25) is 5.91 Å². The first-order valence-corrected chi connectivity index (χ1v) is 5.91. The van der Waals surface area contributed by atoms with Gasteiger partial charge >= 0.3 is 6.03 Å². The molecule has 1 aliphatic rings. The number of nitrogen functional groups attached to an aromatic ring is 1. The van der Waals surface area contributed by atoms with Gasteiger partial charge in [-0.1, -0.05) is 6.07 Å². The quantitative estimate of drug-likeness (QED) is 0.752. The fourth-order valence-corrected chi connectivity index (χ4v) is 2.06. The van der Waals surface area contributed by atoms with Crippen LogP contribution in [0, 0.1) is 0 Å². The highest BCUT2D eigenvalue weighted by Crippen LogP contribution is 2.21. The summed E-state index contributed by atoms with van der Waals surface area (Å²) >= 11 is 0. The van der Waals surface area contributed by atoms with Gasteiger partial charge in [-0.15, -0.1) is 0 Å². The molecule has 1 aromatic heterocycles. The summed E-state index contributed by atoms with van der Waals surface area (Å²) in [6.07, 6.45) is 0.280. The number of nitrogens with two attached hydrogens (primary N) is 1. The Morgan fingerprint density at radius 1 is 1.21 bits per heavy atom. The third kappa shape index (κ3) is 2.08. The maximum atomic E-state index is 11.7. The molecule has 1 saturated heterocycles. The number of hydrogen-bond acceptors (Lipinski definition) is 4. The molecule has 6 nitrogen and oxygen atoms in total. The second-order valence-corrected chi connectivity index (χ2v) is 4.38. The average molecular weight is 256 g/mol. The molecule has 1 aliphatic heterocycles. The van der Waals surface area contributed by atoms with Gasteiger partial charge in [-0.3, -0.25) is 15.0 Å². The molecule has 1 aromatic carbocycles. The van der Waals surface area contributed by atoms with Crippen molar-refractivity contribution in [1.29, 1.82) is 0 Å². The first kappa shape index (κ1) is 11.5. The largest absolute Gasteiger partial charge is 0.399 e. The summed E-state index contributed by atoms with van der Waals surface area (Å²) in [6, 6.07) is 8.63. The zero-order chi connectivity index (χ0) is 13.4. The predicted octanol–water partition coefficient (Wildman–Crippen LogP) is 1.26. The number of amides is 3. The van der Waals surface area contributed by atoms with E-state index >= 15 is 0 Å². The number of nitrogens with zero attached hydrogens (tertiary/aromatic N) is 2. The number of fused-ring (bicyclic) bond motifs is 1. The van der Waals surface area contributed by atoms with Crippen LogP contribution < -0.4 is 16.0 Å². The number of pyridine rings is 1. The Hall–Kier alpha value is -2.63. The summed E-state index contributed by atoms with van der Waals surface area (Å²) in [5, 5.41) is 3.22. The topological polar surface area (TPSA) is 88.3 Å². The van der Waals surface area contributed by atoms with Crippen LogP contribution in [-0.2, 0) is 4.79 Å². The lowest BCUT2D eigenvalue weighted by Crippen LogP contribution is -2.49. The molecule has 2 heterocycles. The number of carbonyl (C=O) groups is 2. The first-order valence-electron chi connectivity index (χ1n) is 5.91. The standard InChI is InChI=1S/C13H12N4O2/c14-9-3-1-8-2-4-11(15-10(8)7-9)17-6-5-12(18)16-13(17)19/h1-4,7H,5-6,14H2,(H,16,18,19). The predicted molar refractivity (Wildman–Crippen MR) is 71.7 cm³/mol. The summed E-state index contributed by atoms with van der Waals surface area (Å²) in [7, 11) is 0. The second-order valence-electron chi connectivity index (χ2n) is 4.38. The van der Waals surface area contributed by atoms with Crippen LogP contribution in [-0.4, -0.2) is 23.5 Å². The third-order valence-corrected chi connectivity index (χ3v) is 3.03. The van der Waals surface area contributed by atoms with Gasteiger partial charge in [-0.05, 0) is 24.3 Å². The van der Waals surface area contributed by atoms with E-state index in [4.69, 9.17) is 5.73 Å². The molecule has 0 aliphatic carbocycles. The molecular weight excluding hydrogens is 244 g/mol. The van der Waals surface area contributed by atoms with Crippen LogP contribution in [0.15, 0.2) is 30.3 Å². The summed E-state index contributed by atoms with van der Waals surface area (Å²) in [4.78, 5) is 28.7. The minimum atomic E-state index is -0.438. The van der Waals surface area contributed by atoms with Crippen molar-refractivity contribution in [3.63, 3.8) is 0 Å². The minimum Gasteiger partial charge on any atom is -0.399 e. The zero-order valence-corrected chi connectivity index (χ0v) is 10.1. The van der Waals surface area contributed by atoms with Crippen LogP contribution in [0.25, 0.3) is 10.9 Å². The zero-order valence-electron chi connectivity index (χ0n) is 10.1. The maximum Gasteiger partial charge on any atom is 0.329 e. The van der Waals surface area contributed by atoms with Crippen molar-refractivity contribution < 1.29 is 9.59 Å². The fraction of sp³-hybridized carbons (Fsp3) is 0.154. The van der Waals surface area contributed by atoms with Crippen molar-refractivity contribution in [1.82, 2.24) is 10.3 Å². The van der Waals surface area contributed by atoms with Crippen LogP contribution in [0.1, 0.15) is 6.42 Å². The van der Waals surface area contributed by atoms with Crippen LogP contribution in [0.5, 0.6) is 0 Å². The number of nitrogens with one attached hydrogen (secondary N) is 1. The molecule has 1 fully saturated rings. The molecule has 0 saturated carbocycles. The Bertz CT molecular complexity index is 683. The molecule has 0 unspecified atom stereocenters. The van der Waals surface area contributed by atoms with E-state index in [1.54, 1.807) is 18.2 Å². The van der Waals surface area contributed by atoms with Gasteiger partial charge in [0.25, 0.3) is 0 Å². The van der Waals surface area contributed by atoms with Crippen LogP contribution in [0.2, 0.25) is 0 Å². The lowest BCUT2D eigenvalue weighted by Gasteiger charge is -2.25. The minimum absolute atomic E-state index is 0.258. The monoisotopic (exact) mass is 256 g/mol. The number of carbonyl (C=O) groups excluding carboxylic acids is 2. The summed E-state index contributed by atoms with van der Waals surface area (Å²) in [6.45, 7) is 0.339. The van der Waals surface area contributed by atoms with E-state index in [9.17, 15) is 9.59 Å². The Morgan fingerprint density at radius 3 is 2.79 bits per heavy atom. The van der Waals surface area contributed by atoms with Crippen molar-refractivity contribution in [2.75, 3.05) is 17.2 Å². The normalized spacial score (nSPS) is 15.7. The first-order chi connectivity index (χ1) is 9.13. The highest BCUT2D eigenvalue weighted by molar-refractivity contribution is 6.05. The highest BCUT2D eigenvalue weighted by Gasteiger charge is 2.25. The maximum absolute atomic E-state index is 11.7. The molecule has 0 radical (unpaired) electrons. The van der Waals surface area contributed by atoms with Gasteiger partial charge in [0, 0.05) is 24.0 Å². The van der Waals surface area contributed by atoms with Gasteiger partial charge in [-0.2, -0.15) is 0 Å². The lowest BCUT2D eigenvalue weighted by molar-refractivity contribution is -0.120. The number of urea groups is 1. The summed E-state index contributed by atoms with van der Waals surface area (Å²) < 4.78 is 0. The second kappa shape index (κ2) is 4.24. The van der Waals surface area contributed by atoms with Crippen molar-refractivity contribution in [2.24, 2.45) is 0 Å². The van der Waals surface area contributed by atoms with Gasteiger partial charge < -0.3 is 5.73 Å². The van der Waals surface area contributed by atoms with E-state index in [0.717, 1.165) is 10.9 Å².